The molecule has 2 heterocycles. The molecule has 0 N–H and O–H groups in total. The molecule has 3 rings (SSSR count). The van der Waals surface area contributed by atoms with E-state index in [4.69, 9.17) is 9.47 Å². The summed E-state index contributed by atoms with van der Waals surface area (Å²) < 4.78 is 10.9. The van der Waals surface area contributed by atoms with Crippen LogP contribution < -0.4 is 4.90 Å². The molecule has 1 unspecified atom stereocenters. The summed E-state index contributed by atoms with van der Waals surface area (Å²) in [4.78, 5) is 28.2. The lowest BCUT2D eigenvalue weighted by Gasteiger charge is -2.47. The monoisotopic (exact) mass is 332 g/mol. The molecule has 0 radical (unpaired) electrons. The van der Waals surface area contributed by atoms with Crippen LogP contribution in [0.3, 0.4) is 0 Å². The molecule has 6 nitrogen and oxygen atoms in total. The highest BCUT2D eigenvalue weighted by molar-refractivity contribution is 5.95. The van der Waals surface area contributed by atoms with Crippen molar-refractivity contribution < 1.29 is 19.1 Å². The van der Waals surface area contributed by atoms with Gasteiger partial charge in [0.15, 0.2) is 0 Å². The molecule has 24 heavy (non-hydrogen) atoms. The predicted molar refractivity (Wildman–Crippen MR) is 89.8 cm³/mol. The number of benzene rings is 1. The summed E-state index contributed by atoms with van der Waals surface area (Å²) in [6.07, 6.45) is 2.13. The van der Waals surface area contributed by atoms with Gasteiger partial charge in [0.25, 0.3) is 5.91 Å². The molecule has 1 spiro atoms. The van der Waals surface area contributed by atoms with Crippen molar-refractivity contribution in [2.75, 3.05) is 44.9 Å². The summed E-state index contributed by atoms with van der Waals surface area (Å²) in [6.45, 7) is 2.26. The molecule has 2 fully saturated rings. The number of carbonyl (C=O) groups excluding carboxylic acids is 2. The van der Waals surface area contributed by atoms with Crippen molar-refractivity contribution in [3.63, 3.8) is 0 Å². The molecule has 1 aromatic carbocycles. The summed E-state index contributed by atoms with van der Waals surface area (Å²) in [7, 11) is 1.60. The van der Waals surface area contributed by atoms with Crippen molar-refractivity contribution in [1.29, 1.82) is 0 Å². The first-order valence-corrected chi connectivity index (χ1v) is 8.40. The fraction of sp³-hybridized carbons (Fsp3) is 0.556. The smallest absolute Gasteiger partial charge is 0.253 e. The molecule has 1 aromatic rings. The van der Waals surface area contributed by atoms with Crippen molar-refractivity contribution in [2.45, 2.75) is 24.9 Å². The van der Waals surface area contributed by atoms with Crippen LogP contribution in [-0.2, 0) is 19.1 Å². The van der Waals surface area contributed by atoms with Crippen molar-refractivity contribution in [3.8, 4) is 0 Å². The highest BCUT2D eigenvalue weighted by Gasteiger charge is 2.44. The zero-order valence-corrected chi connectivity index (χ0v) is 14.1. The number of carbonyl (C=O) groups is 2. The number of methoxy groups -OCH3 is 1. The number of morpholine rings is 1. The van der Waals surface area contributed by atoms with Crippen molar-refractivity contribution in [3.05, 3.63) is 30.3 Å². The first-order chi connectivity index (χ1) is 11.6. The van der Waals surface area contributed by atoms with Crippen LogP contribution in [0, 0.1) is 0 Å². The van der Waals surface area contributed by atoms with Crippen LogP contribution in [-0.4, -0.2) is 62.3 Å². The number of anilines is 1. The van der Waals surface area contributed by atoms with E-state index in [1.54, 1.807) is 12.0 Å². The summed E-state index contributed by atoms with van der Waals surface area (Å²) in [6, 6.07) is 9.64. The Bertz CT molecular complexity index is 592. The van der Waals surface area contributed by atoms with Gasteiger partial charge < -0.3 is 19.3 Å². The number of amides is 2. The van der Waals surface area contributed by atoms with Crippen molar-refractivity contribution in [2.24, 2.45) is 0 Å². The minimum atomic E-state index is -0.468. The van der Waals surface area contributed by atoms with Gasteiger partial charge in [-0.15, -0.1) is 0 Å². The fourth-order valence-electron chi connectivity index (χ4n) is 3.46. The normalized spacial score (nSPS) is 24.5. The molecule has 2 aliphatic rings. The molecule has 0 aromatic heterocycles. The quantitative estimate of drug-likeness (QED) is 0.837. The molecule has 0 aliphatic carbocycles. The van der Waals surface area contributed by atoms with Gasteiger partial charge in [-0.2, -0.15) is 0 Å². The highest BCUT2D eigenvalue weighted by Crippen LogP contribution is 2.31. The lowest BCUT2D eigenvalue weighted by molar-refractivity contribution is -0.153. The second-order valence-corrected chi connectivity index (χ2v) is 6.45. The largest absolute Gasteiger partial charge is 0.384 e. The minimum Gasteiger partial charge on any atom is -0.384 e. The van der Waals surface area contributed by atoms with E-state index in [1.165, 1.54) is 0 Å². The molecule has 0 saturated carbocycles. The van der Waals surface area contributed by atoms with Crippen molar-refractivity contribution in [1.82, 2.24) is 4.90 Å². The van der Waals surface area contributed by atoms with Gasteiger partial charge in [-0.1, -0.05) is 18.2 Å². The van der Waals surface area contributed by atoms with E-state index in [1.807, 2.05) is 35.2 Å². The average molecular weight is 332 g/mol. The third kappa shape index (κ3) is 3.60. The van der Waals surface area contributed by atoms with Gasteiger partial charge in [0.2, 0.25) is 5.91 Å². The number of hydrogen-bond donors (Lipinski definition) is 0. The van der Waals surface area contributed by atoms with Gasteiger partial charge in [-0.05, 0) is 25.0 Å². The maximum absolute atomic E-state index is 12.3. The Morgan fingerprint density at radius 2 is 2.08 bits per heavy atom. The summed E-state index contributed by atoms with van der Waals surface area (Å²) in [5, 5.41) is 0. The standard InChI is InChI=1S/C18H24N2O4/c1-23-11-8-16(21)19-10-5-9-18(13-19)14-20(17(22)12-24-18)15-6-3-2-4-7-15/h2-4,6-7H,5,8-14H2,1H3. The number of para-hydroxylation sites is 1. The summed E-state index contributed by atoms with van der Waals surface area (Å²) in [5.41, 5.74) is 0.415. The molecule has 2 amide bonds. The number of ether oxygens (including phenoxy) is 2. The van der Waals surface area contributed by atoms with Crippen LogP contribution in [0.1, 0.15) is 19.3 Å². The van der Waals surface area contributed by atoms with E-state index in [0.717, 1.165) is 25.1 Å². The van der Waals surface area contributed by atoms with E-state index in [9.17, 15) is 9.59 Å². The summed E-state index contributed by atoms with van der Waals surface area (Å²) >= 11 is 0. The molecule has 6 heteroatoms. The number of hydrogen-bond acceptors (Lipinski definition) is 4. The fourth-order valence-corrected chi connectivity index (χ4v) is 3.46. The topological polar surface area (TPSA) is 59.1 Å². The van der Waals surface area contributed by atoms with Crippen LogP contribution in [0.4, 0.5) is 5.69 Å². The zero-order chi connectivity index (χ0) is 17.0. The Kier molecular flexibility index (Phi) is 5.16. The average Bonchev–Trinajstić information content (AvgIpc) is 2.63. The van der Waals surface area contributed by atoms with Gasteiger partial charge in [0, 0.05) is 19.3 Å². The van der Waals surface area contributed by atoms with Crippen LogP contribution >= 0.6 is 0 Å². The second kappa shape index (κ2) is 7.32. The Morgan fingerprint density at radius 3 is 2.83 bits per heavy atom. The maximum atomic E-state index is 12.3. The third-order valence-electron chi connectivity index (χ3n) is 4.73. The van der Waals surface area contributed by atoms with Gasteiger partial charge in [-0.25, -0.2) is 0 Å². The maximum Gasteiger partial charge on any atom is 0.253 e. The van der Waals surface area contributed by atoms with Crippen LogP contribution in [0.5, 0.6) is 0 Å². The molecular weight excluding hydrogens is 308 g/mol. The SMILES string of the molecule is COCCC(=O)N1CCCC2(C1)CN(c1ccccc1)C(=O)CO2. The Hall–Kier alpha value is -1.92. The van der Waals surface area contributed by atoms with Crippen LogP contribution in [0.25, 0.3) is 0 Å². The van der Waals surface area contributed by atoms with E-state index in [0.29, 0.717) is 26.1 Å². The Balaban J connectivity index is 1.72. The molecule has 130 valence electrons. The zero-order valence-electron chi connectivity index (χ0n) is 14.1. The van der Waals surface area contributed by atoms with Gasteiger partial charge in [-0.3, -0.25) is 9.59 Å². The van der Waals surface area contributed by atoms with Crippen molar-refractivity contribution >= 4 is 17.5 Å². The number of nitrogens with zero attached hydrogens (tertiary/aromatic N) is 2. The first kappa shape index (κ1) is 16.9. The lowest BCUT2D eigenvalue weighted by atomic mass is 9.90. The van der Waals surface area contributed by atoms with E-state index in [2.05, 4.69) is 0 Å². The van der Waals surface area contributed by atoms with Crippen LogP contribution in [0.2, 0.25) is 0 Å². The second-order valence-electron chi connectivity index (χ2n) is 6.45. The molecular formula is C18H24N2O4. The molecule has 2 saturated heterocycles. The molecule has 2 aliphatic heterocycles. The number of piperidine rings is 1. The van der Waals surface area contributed by atoms with Gasteiger partial charge in [0.1, 0.15) is 12.2 Å². The Labute approximate surface area is 142 Å². The third-order valence-corrected chi connectivity index (χ3v) is 4.73. The minimum absolute atomic E-state index is 0.0327. The van der Waals surface area contributed by atoms with E-state index >= 15 is 0 Å². The van der Waals surface area contributed by atoms with E-state index in [-0.39, 0.29) is 18.4 Å². The molecule has 1 atom stereocenters. The first-order valence-electron chi connectivity index (χ1n) is 8.40. The van der Waals surface area contributed by atoms with Gasteiger partial charge >= 0.3 is 0 Å². The van der Waals surface area contributed by atoms with Crippen LogP contribution in [0.15, 0.2) is 30.3 Å². The predicted octanol–water partition coefficient (Wildman–Crippen LogP) is 1.45. The Morgan fingerprint density at radius 1 is 1.29 bits per heavy atom. The highest BCUT2D eigenvalue weighted by atomic mass is 16.5. The number of rotatable bonds is 4. The molecule has 0 bridgehead atoms. The lowest BCUT2D eigenvalue weighted by Crippen LogP contribution is -2.62. The number of likely N-dealkylation sites (tertiary alicyclic amines) is 1. The van der Waals surface area contributed by atoms with Gasteiger partial charge in [0.05, 0.1) is 26.1 Å². The summed E-state index contributed by atoms with van der Waals surface area (Å²) in [5.74, 6) is 0.0531. The van der Waals surface area contributed by atoms with E-state index < -0.39 is 5.60 Å².